The molecule has 0 radical (unpaired) electrons. The molecule has 2 atom stereocenters. The molecule has 0 saturated heterocycles. The fourth-order valence-corrected chi connectivity index (χ4v) is 4.79. The molecule has 0 fully saturated rings. The molecule has 8 heteroatoms. The molecular formula is C20H16N4O4. The predicted octanol–water partition coefficient (Wildman–Crippen LogP) is 0.142. The largest absolute Gasteiger partial charge is 0.457 e. The van der Waals surface area contributed by atoms with Crippen molar-refractivity contribution in [3.05, 3.63) is 62.4 Å². The fourth-order valence-electron chi connectivity index (χ4n) is 4.79. The normalized spacial score (nSPS) is 24.1. The molecule has 2 aliphatic heterocycles. The Balaban J connectivity index is 1.70. The maximum absolute atomic E-state index is 13.1. The third-order valence-corrected chi connectivity index (χ3v) is 6.08. The van der Waals surface area contributed by atoms with Gasteiger partial charge in [0.05, 0.1) is 29.0 Å². The van der Waals surface area contributed by atoms with Crippen LogP contribution in [-0.4, -0.2) is 20.6 Å². The highest BCUT2D eigenvalue weighted by Crippen LogP contribution is 2.44. The van der Waals surface area contributed by atoms with Gasteiger partial charge in [0.25, 0.3) is 5.56 Å². The first kappa shape index (κ1) is 15.9. The van der Waals surface area contributed by atoms with E-state index in [4.69, 9.17) is 21.2 Å². The first-order valence-electron chi connectivity index (χ1n) is 9.04. The van der Waals surface area contributed by atoms with Gasteiger partial charge < -0.3 is 20.1 Å². The van der Waals surface area contributed by atoms with Crippen LogP contribution in [0.1, 0.15) is 33.9 Å². The number of aromatic nitrogens is 2. The Morgan fingerprint density at radius 3 is 2.93 bits per heavy atom. The Morgan fingerprint density at radius 1 is 1.29 bits per heavy atom. The minimum Gasteiger partial charge on any atom is -0.457 e. The third-order valence-electron chi connectivity index (χ3n) is 6.08. The molecule has 4 heterocycles. The number of esters is 1. The maximum Gasteiger partial charge on any atom is 0.358 e. The van der Waals surface area contributed by atoms with Crippen LogP contribution in [0.2, 0.25) is 0 Å². The van der Waals surface area contributed by atoms with Crippen molar-refractivity contribution in [1.82, 2.24) is 9.55 Å². The van der Waals surface area contributed by atoms with E-state index in [1.54, 1.807) is 10.6 Å². The van der Waals surface area contributed by atoms with Crippen molar-refractivity contribution < 1.29 is 14.6 Å². The van der Waals surface area contributed by atoms with Crippen LogP contribution in [0.4, 0.5) is 0 Å². The summed E-state index contributed by atoms with van der Waals surface area (Å²) in [4.78, 5) is 29.8. The molecule has 1 aliphatic carbocycles. The first-order valence-corrected chi connectivity index (χ1v) is 9.04. The zero-order valence-electron chi connectivity index (χ0n) is 14.7. The van der Waals surface area contributed by atoms with Gasteiger partial charge >= 0.3 is 5.97 Å². The van der Waals surface area contributed by atoms with Crippen LogP contribution in [0.3, 0.4) is 0 Å². The van der Waals surface area contributed by atoms with Crippen LogP contribution in [0.5, 0.6) is 0 Å². The van der Waals surface area contributed by atoms with Crippen LogP contribution in [0.15, 0.2) is 29.1 Å². The van der Waals surface area contributed by atoms with Crippen LogP contribution < -0.4 is 17.0 Å². The molecule has 0 spiro atoms. The smallest absolute Gasteiger partial charge is 0.358 e. The molecule has 140 valence electrons. The second kappa shape index (κ2) is 4.85. The average Bonchev–Trinajstić information content (AvgIpc) is 3.19. The van der Waals surface area contributed by atoms with Gasteiger partial charge in [-0.05, 0) is 29.7 Å². The number of nitrogens with two attached hydrogens (primary N) is 2. The van der Waals surface area contributed by atoms with E-state index in [1.807, 2.05) is 12.1 Å². The zero-order valence-corrected chi connectivity index (χ0v) is 14.7. The van der Waals surface area contributed by atoms with E-state index in [2.05, 4.69) is 6.07 Å². The number of hydrogen-bond donors (Lipinski definition) is 3. The van der Waals surface area contributed by atoms with E-state index < -0.39 is 11.7 Å². The highest BCUT2D eigenvalue weighted by atomic mass is 16.6. The third kappa shape index (κ3) is 1.73. The Hall–Kier alpha value is -3.07. The van der Waals surface area contributed by atoms with Gasteiger partial charge in [-0.1, -0.05) is 12.1 Å². The van der Waals surface area contributed by atoms with Crippen molar-refractivity contribution in [2.75, 3.05) is 0 Å². The Kier molecular flexibility index (Phi) is 2.76. The molecule has 0 unspecified atom stereocenters. The second-order valence-corrected chi connectivity index (χ2v) is 7.63. The highest BCUT2D eigenvalue weighted by molar-refractivity contribution is 5.93. The highest BCUT2D eigenvalue weighted by Gasteiger charge is 2.44. The lowest BCUT2D eigenvalue weighted by molar-refractivity contribution is -0.171. The van der Waals surface area contributed by atoms with Crippen molar-refractivity contribution in [3.8, 4) is 11.4 Å². The summed E-state index contributed by atoms with van der Waals surface area (Å²) < 4.78 is 6.50. The van der Waals surface area contributed by atoms with E-state index in [9.17, 15) is 14.7 Å². The van der Waals surface area contributed by atoms with Gasteiger partial charge in [0.2, 0.25) is 5.72 Å². The zero-order chi connectivity index (χ0) is 19.4. The number of ether oxygens (including phenoxy) is 1. The van der Waals surface area contributed by atoms with Crippen LogP contribution >= 0.6 is 0 Å². The van der Waals surface area contributed by atoms with Crippen molar-refractivity contribution in [2.24, 2.45) is 11.5 Å². The number of carbonyl (C=O) groups is 1. The van der Waals surface area contributed by atoms with Gasteiger partial charge in [0.15, 0.2) is 0 Å². The van der Waals surface area contributed by atoms with Crippen LogP contribution in [0, 0.1) is 0 Å². The molecule has 3 aromatic rings. The summed E-state index contributed by atoms with van der Waals surface area (Å²) in [7, 11) is 0. The molecule has 28 heavy (non-hydrogen) atoms. The number of aliphatic hydroxyl groups is 1. The van der Waals surface area contributed by atoms with Crippen molar-refractivity contribution in [3.63, 3.8) is 0 Å². The molecule has 0 amide bonds. The monoisotopic (exact) mass is 376 g/mol. The molecular weight excluding hydrogens is 360 g/mol. The van der Waals surface area contributed by atoms with Crippen LogP contribution in [0.25, 0.3) is 22.3 Å². The Bertz CT molecular complexity index is 1310. The van der Waals surface area contributed by atoms with Crippen molar-refractivity contribution in [1.29, 1.82) is 0 Å². The van der Waals surface area contributed by atoms with Gasteiger partial charge in [-0.15, -0.1) is 0 Å². The van der Waals surface area contributed by atoms with Gasteiger partial charge in [0.1, 0.15) is 6.61 Å². The number of rotatable bonds is 0. The summed E-state index contributed by atoms with van der Waals surface area (Å²) >= 11 is 0. The standard InChI is InChI=1S/C20H16N4O4/c21-12-4-8-2-1-3-13-15(8)16(12)9-6-24-14(17(9)23-13)5-11-10(18(24)25)7-28-19(26)20(11,22)27/h1-3,5,12,27H,4,6-7,21-22H2/t12-,20-/m0/s1. The number of benzene rings is 1. The quantitative estimate of drug-likeness (QED) is 0.294. The van der Waals surface area contributed by atoms with Crippen LogP contribution in [-0.2, 0) is 34.8 Å². The molecule has 8 nitrogen and oxygen atoms in total. The van der Waals surface area contributed by atoms with E-state index in [1.165, 1.54) is 0 Å². The van der Waals surface area contributed by atoms with E-state index >= 15 is 0 Å². The lowest BCUT2D eigenvalue weighted by Gasteiger charge is -2.29. The summed E-state index contributed by atoms with van der Waals surface area (Å²) in [6, 6.07) is 7.35. The van der Waals surface area contributed by atoms with Crippen molar-refractivity contribution >= 4 is 16.9 Å². The first-order chi connectivity index (χ1) is 13.4. The minimum atomic E-state index is -2.36. The molecule has 5 N–H and O–H groups in total. The van der Waals surface area contributed by atoms with Gasteiger partial charge in [-0.25, -0.2) is 9.78 Å². The molecule has 0 bridgehead atoms. The molecule has 2 aromatic heterocycles. The van der Waals surface area contributed by atoms with Crippen molar-refractivity contribution in [2.45, 2.75) is 31.3 Å². The second-order valence-electron chi connectivity index (χ2n) is 7.63. The summed E-state index contributed by atoms with van der Waals surface area (Å²) in [5.74, 6) is -0.973. The average molecular weight is 376 g/mol. The number of hydrogen-bond acceptors (Lipinski definition) is 7. The summed E-state index contributed by atoms with van der Waals surface area (Å²) in [6.07, 6.45) is 0.734. The Morgan fingerprint density at radius 2 is 2.11 bits per heavy atom. The minimum absolute atomic E-state index is 0.0734. The molecule has 0 saturated carbocycles. The number of cyclic esters (lactones) is 1. The van der Waals surface area contributed by atoms with E-state index in [0.717, 1.165) is 34.0 Å². The van der Waals surface area contributed by atoms with Gasteiger partial charge in [-0.3, -0.25) is 10.5 Å². The fraction of sp³-hybridized carbons (Fsp3) is 0.250. The number of carbonyl (C=O) groups excluding carboxylic acids is 1. The SMILES string of the molecule is N[C@H]1Cc2cccc3nc4c(c1c23)Cn1c-4cc2c(c1=O)COC(=O)[C@@]2(N)O. The van der Waals surface area contributed by atoms with Gasteiger partial charge in [0, 0.05) is 22.6 Å². The topological polar surface area (TPSA) is 133 Å². The lowest BCUT2D eigenvalue weighted by atomic mass is 9.95. The number of nitrogens with zero attached hydrogens (tertiary/aromatic N) is 2. The van der Waals surface area contributed by atoms with E-state index in [-0.39, 0.29) is 29.3 Å². The summed E-state index contributed by atoms with van der Waals surface area (Å²) in [6.45, 7) is 0.128. The number of fused-ring (bicyclic) bond motifs is 5. The number of pyridine rings is 2. The van der Waals surface area contributed by atoms with Gasteiger partial charge in [-0.2, -0.15) is 0 Å². The molecule has 3 aliphatic rings. The Labute approximate surface area is 158 Å². The summed E-state index contributed by atoms with van der Waals surface area (Å²) in [5, 5.41) is 11.5. The summed E-state index contributed by atoms with van der Waals surface area (Å²) in [5.41, 5.74) is 14.9. The predicted molar refractivity (Wildman–Crippen MR) is 99.1 cm³/mol. The maximum atomic E-state index is 13.1. The van der Waals surface area contributed by atoms with E-state index in [0.29, 0.717) is 17.9 Å². The molecule has 1 aromatic carbocycles. The molecule has 6 rings (SSSR count). The lowest BCUT2D eigenvalue weighted by Crippen LogP contribution is -2.51.